The van der Waals surface area contributed by atoms with Crippen LogP contribution in [0.25, 0.3) is 0 Å². The van der Waals surface area contributed by atoms with Crippen molar-refractivity contribution in [3.05, 3.63) is 47.7 Å². The summed E-state index contributed by atoms with van der Waals surface area (Å²) in [6.45, 7) is 4.98. The molecule has 118 valence electrons. The lowest BCUT2D eigenvalue weighted by Gasteiger charge is -2.21. The first-order chi connectivity index (χ1) is 10.5. The van der Waals surface area contributed by atoms with Crippen molar-refractivity contribution in [1.82, 2.24) is 15.1 Å². The van der Waals surface area contributed by atoms with Crippen LogP contribution in [-0.2, 0) is 13.5 Å². The number of aryl methyl sites for hydroxylation is 1. The molecule has 1 atom stereocenters. The number of nitrogens with zero attached hydrogens (tertiary/aromatic N) is 2. The van der Waals surface area contributed by atoms with Gasteiger partial charge in [-0.05, 0) is 23.8 Å². The van der Waals surface area contributed by atoms with Crippen LogP contribution in [0.3, 0.4) is 0 Å². The van der Waals surface area contributed by atoms with Crippen LogP contribution in [0, 0.1) is 11.8 Å². The summed E-state index contributed by atoms with van der Waals surface area (Å²) in [7, 11) is 1.72. The quantitative estimate of drug-likeness (QED) is 0.859. The van der Waals surface area contributed by atoms with Crippen molar-refractivity contribution in [3.63, 3.8) is 0 Å². The van der Waals surface area contributed by atoms with E-state index >= 15 is 0 Å². The van der Waals surface area contributed by atoms with Crippen LogP contribution >= 0.6 is 0 Å². The third-order valence-electron chi connectivity index (χ3n) is 4.04. The summed E-state index contributed by atoms with van der Waals surface area (Å²) in [5, 5.41) is 6.98. The molecule has 0 aliphatic heterocycles. The summed E-state index contributed by atoms with van der Waals surface area (Å²) < 4.78 is 1.50. The molecule has 22 heavy (non-hydrogen) atoms. The van der Waals surface area contributed by atoms with Gasteiger partial charge >= 0.3 is 0 Å². The topological polar surface area (TPSA) is 72.9 Å². The fraction of sp³-hybridized carbons (Fsp3) is 0.412. The highest BCUT2D eigenvalue weighted by Gasteiger charge is 2.18. The fourth-order valence-electron chi connectivity index (χ4n) is 2.40. The minimum Gasteiger partial charge on any atom is -0.383 e. The first-order valence-corrected chi connectivity index (χ1v) is 7.58. The lowest BCUT2D eigenvalue weighted by atomic mass is 9.89. The molecular formula is C17H24N4O. The van der Waals surface area contributed by atoms with Gasteiger partial charge in [0.25, 0.3) is 5.91 Å². The average molecular weight is 300 g/mol. The van der Waals surface area contributed by atoms with E-state index in [1.165, 1.54) is 16.4 Å². The summed E-state index contributed by atoms with van der Waals surface area (Å²) in [6.07, 6.45) is 2.45. The lowest BCUT2D eigenvalue weighted by Crippen LogP contribution is -2.32. The van der Waals surface area contributed by atoms with Crippen molar-refractivity contribution >= 4 is 11.7 Å². The van der Waals surface area contributed by atoms with Gasteiger partial charge in [-0.1, -0.05) is 44.2 Å². The third kappa shape index (κ3) is 3.87. The number of rotatable bonds is 6. The van der Waals surface area contributed by atoms with Gasteiger partial charge in [0.1, 0.15) is 11.4 Å². The maximum Gasteiger partial charge on any atom is 0.256 e. The molecule has 0 unspecified atom stereocenters. The first kappa shape index (κ1) is 16.1. The van der Waals surface area contributed by atoms with Gasteiger partial charge in [-0.3, -0.25) is 9.48 Å². The van der Waals surface area contributed by atoms with Gasteiger partial charge in [-0.15, -0.1) is 0 Å². The molecule has 5 heteroatoms. The summed E-state index contributed by atoms with van der Waals surface area (Å²) in [5.74, 6) is 1.09. The Kier molecular flexibility index (Phi) is 5.20. The Morgan fingerprint density at radius 1 is 1.32 bits per heavy atom. The van der Waals surface area contributed by atoms with E-state index in [9.17, 15) is 4.79 Å². The summed E-state index contributed by atoms with van der Waals surface area (Å²) >= 11 is 0. The Morgan fingerprint density at radius 3 is 2.55 bits per heavy atom. The SMILES string of the molecule is CC(C)[C@H](CNC(=O)c1cnn(C)c1N)Cc1ccccc1. The van der Waals surface area contributed by atoms with E-state index in [0.29, 0.717) is 29.8 Å². The van der Waals surface area contributed by atoms with E-state index in [2.05, 4.69) is 36.4 Å². The molecule has 2 rings (SSSR count). The molecule has 5 nitrogen and oxygen atoms in total. The zero-order valence-corrected chi connectivity index (χ0v) is 13.4. The molecule has 0 aliphatic rings. The monoisotopic (exact) mass is 300 g/mol. The molecule has 0 saturated heterocycles. The van der Waals surface area contributed by atoms with Gasteiger partial charge in [0.05, 0.1) is 6.20 Å². The van der Waals surface area contributed by atoms with Crippen LogP contribution < -0.4 is 11.1 Å². The summed E-state index contributed by atoms with van der Waals surface area (Å²) in [4.78, 5) is 12.2. The van der Waals surface area contributed by atoms with Gasteiger partial charge < -0.3 is 11.1 Å². The predicted molar refractivity (Wildman–Crippen MR) is 88.4 cm³/mol. The van der Waals surface area contributed by atoms with E-state index in [4.69, 9.17) is 5.73 Å². The number of aromatic nitrogens is 2. The molecule has 1 aromatic heterocycles. The molecule has 0 fully saturated rings. The number of carbonyl (C=O) groups is 1. The van der Waals surface area contributed by atoms with Crippen LogP contribution in [0.5, 0.6) is 0 Å². The maximum atomic E-state index is 12.2. The largest absolute Gasteiger partial charge is 0.383 e. The molecule has 0 radical (unpaired) electrons. The van der Waals surface area contributed by atoms with E-state index in [1.807, 2.05) is 18.2 Å². The number of nitrogen functional groups attached to an aromatic ring is 1. The highest BCUT2D eigenvalue weighted by molar-refractivity contribution is 5.98. The Hall–Kier alpha value is -2.30. The molecule has 0 bridgehead atoms. The normalized spacial score (nSPS) is 12.4. The number of hydrogen-bond acceptors (Lipinski definition) is 3. The number of hydrogen-bond donors (Lipinski definition) is 2. The van der Waals surface area contributed by atoms with Crippen molar-refractivity contribution in [1.29, 1.82) is 0 Å². The van der Waals surface area contributed by atoms with Gasteiger partial charge in [0, 0.05) is 13.6 Å². The second-order valence-electron chi connectivity index (χ2n) is 5.97. The maximum absolute atomic E-state index is 12.2. The van der Waals surface area contributed by atoms with Crippen LogP contribution in [0.4, 0.5) is 5.82 Å². The Balaban J connectivity index is 1.97. The second-order valence-corrected chi connectivity index (χ2v) is 5.97. The smallest absolute Gasteiger partial charge is 0.256 e. The molecule has 0 spiro atoms. The molecule has 1 amide bonds. The first-order valence-electron chi connectivity index (χ1n) is 7.58. The molecule has 1 aromatic carbocycles. The number of nitrogens with two attached hydrogens (primary N) is 1. The van der Waals surface area contributed by atoms with Gasteiger partial charge in [-0.25, -0.2) is 0 Å². The van der Waals surface area contributed by atoms with Crippen LogP contribution in [-0.4, -0.2) is 22.2 Å². The van der Waals surface area contributed by atoms with Gasteiger partial charge in [0.2, 0.25) is 0 Å². The highest BCUT2D eigenvalue weighted by Crippen LogP contribution is 2.17. The van der Waals surface area contributed by atoms with E-state index in [1.54, 1.807) is 7.05 Å². The summed E-state index contributed by atoms with van der Waals surface area (Å²) in [5.41, 5.74) is 7.56. The van der Waals surface area contributed by atoms with Crippen molar-refractivity contribution in [2.24, 2.45) is 18.9 Å². The molecule has 1 heterocycles. The summed E-state index contributed by atoms with van der Waals surface area (Å²) in [6, 6.07) is 10.3. The lowest BCUT2D eigenvalue weighted by molar-refractivity contribution is 0.0944. The molecule has 0 saturated carbocycles. The predicted octanol–water partition coefficient (Wildman–Crippen LogP) is 2.25. The number of amides is 1. The van der Waals surface area contributed by atoms with Gasteiger partial charge in [0.15, 0.2) is 0 Å². The fourth-order valence-corrected chi connectivity index (χ4v) is 2.40. The van der Waals surface area contributed by atoms with Crippen molar-refractivity contribution in [2.75, 3.05) is 12.3 Å². The number of anilines is 1. The van der Waals surface area contributed by atoms with Crippen molar-refractivity contribution in [2.45, 2.75) is 20.3 Å². The van der Waals surface area contributed by atoms with Crippen molar-refractivity contribution in [3.8, 4) is 0 Å². The molecule has 2 aromatic rings. The minimum absolute atomic E-state index is 0.163. The second kappa shape index (κ2) is 7.11. The minimum atomic E-state index is -0.163. The number of carbonyl (C=O) groups excluding carboxylic acids is 1. The number of benzene rings is 1. The van der Waals surface area contributed by atoms with Crippen LogP contribution in [0.1, 0.15) is 29.8 Å². The highest BCUT2D eigenvalue weighted by atomic mass is 16.1. The third-order valence-corrected chi connectivity index (χ3v) is 4.04. The average Bonchev–Trinajstić information content (AvgIpc) is 2.84. The Labute approximate surface area is 131 Å². The molecular weight excluding hydrogens is 276 g/mol. The molecule has 3 N–H and O–H groups in total. The molecule has 0 aliphatic carbocycles. The zero-order valence-electron chi connectivity index (χ0n) is 13.4. The van der Waals surface area contributed by atoms with Crippen molar-refractivity contribution < 1.29 is 4.79 Å². The van der Waals surface area contributed by atoms with E-state index in [-0.39, 0.29) is 5.91 Å². The van der Waals surface area contributed by atoms with E-state index in [0.717, 1.165) is 6.42 Å². The van der Waals surface area contributed by atoms with Gasteiger partial charge in [-0.2, -0.15) is 5.10 Å². The van der Waals surface area contributed by atoms with Crippen LogP contribution in [0.15, 0.2) is 36.5 Å². The van der Waals surface area contributed by atoms with Crippen LogP contribution in [0.2, 0.25) is 0 Å². The number of nitrogens with one attached hydrogen (secondary N) is 1. The Morgan fingerprint density at radius 2 is 2.00 bits per heavy atom. The van der Waals surface area contributed by atoms with E-state index < -0.39 is 0 Å². The Bertz CT molecular complexity index is 619. The zero-order chi connectivity index (χ0) is 16.1. The standard InChI is InChI=1S/C17H24N4O/c1-12(2)14(9-13-7-5-4-6-8-13)10-19-17(22)15-11-20-21(3)16(15)18/h4-8,11-12,14H,9-10,18H2,1-3H3,(H,19,22)/t14-/m0/s1.